The molecule has 1 aromatic rings. The Labute approximate surface area is 96.9 Å². The van der Waals surface area contributed by atoms with Crippen LogP contribution in [-0.4, -0.2) is 11.1 Å². The zero-order valence-corrected chi connectivity index (χ0v) is 10.0. The Morgan fingerprint density at radius 3 is 2.53 bits per heavy atom. The molecule has 96 valence electrons. The number of nitrogens with two attached hydrogens (primary N) is 1. The lowest BCUT2D eigenvalue weighted by Crippen LogP contribution is -2.14. The standard InChI is InChI=1S/C10H13F3NO2P/c1-2-17(15,16)9(14)7-4-3-5-8(6-7)10(11,12)13/h3-6,9H,2,14H2,1H3,(H,15,16). The van der Waals surface area contributed by atoms with Crippen molar-refractivity contribution in [2.45, 2.75) is 18.9 Å². The SMILES string of the molecule is CCP(=O)(O)C(N)c1cccc(C(F)(F)F)c1. The van der Waals surface area contributed by atoms with Crippen molar-refractivity contribution in [3.63, 3.8) is 0 Å². The predicted octanol–water partition coefficient (Wildman–Crippen LogP) is 2.95. The fourth-order valence-corrected chi connectivity index (χ4v) is 2.35. The fourth-order valence-electron chi connectivity index (χ4n) is 1.33. The van der Waals surface area contributed by atoms with E-state index in [1.807, 2.05) is 0 Å². The summed E-state index contributed by atoms with van der Waals surface area (Å²) in [5, 5.41) is 0. The molecule has 1 aromatic carbocycles. The molecule has 0 radical (unpaired) electrons. The maximum absolute atomic E-state index is 12.4. The molecule has 0 bridgehead atoms. The van der Waals surface area contributed by atoms with Gasteiger partial charge in [-0.15, -0.1) is 0 Å². The van der Waals surface area contributed by atoms with E-state index in [9.17, 15) is 22.6 Å². The second-order valence-corrected chi connectivity index (χ2v) is 6.34. The van der Waals surface area contributed by atoms with Crippen molar-refractivity contribution in [2.24, 2.45) is 5.73 Å². The molecule has 17 heavy (non-hydrogen) atoms. The number of alkyl halides is 3. The molecule has 0 heterocycles. The van der Waals surface area contributed by atoms with Crippen LogP contribution < -0.4 is 5.73 Å². The van der Waals surface area contributed by atoms with Crippen molar-refractivity contribution in [1.29, 1.82) is 0 Å². The molecule has 3 N–H and O–H groups in total. The van der Waals surface area contributed by atoms with Gasteiger partial charge in [-0.3, -0.25) is 4.57 Å². The van der Waals surface area contributed by atoms with Gasteiger partial charge < -0.3 is 10.6 Å². The van der Waals surface area contributed by atoms with Gasteiger partial charge in [-0.1, -0.05) is 19.1 Å². The number of hydrogen-bond acceptors (Lipinski definition) is 2. The first kappa shape index (κ1) is 14.2. The van der Waals surface area contributed by atoms with Crippen LogP contribution in [0.3, 0.4) is 0 Å². The lowest BCUT2D eigenvalue weighted by Gasteiger charge is -2.19. The average molecular weight is 267 g/mol. The summed E-state index contributed by atoms with van der Waals surface area (Å²) >= 11 is 0. The second-order valence-electron chi connectivity index (χ2n) is 3.64. The van der Waals surface area contributed by atoms with E-state index in [4.69, 9.17) is 5.73 Å². The quantitative estimate of drug-likeness (QED) is 0.827. The van der Waals surface area contributed by atoms with E-state index in [2.05, 4.69) is 0 Å². The third-order valence-electron chi connectivity index (χ3n) is 2.44. The minimum atomic E-state index is -4.48. The molecular formula is C10H13F3NO2P. The molecule has 0 aromatic heterocycles. The van der Waals surface area contributed by atoms with Crippen molar-refractivity contribution in [3.8, 4) is 0 Å². The van der Waals surface area contributed by atoms with Crippen molar-refractivity contribution in [2.75, 3.05) is 6.16 Å². The zero-order chi connectivity index (χ0) is 13.3. The summed E-state index contributed by atoms with van der Waals surface area (Å²) in [6, 6.07) is 4.19. The lowest BCUT2D eigenvalue weighted by molar-refractivity contribution is -0.137. The Bertz CT molecular complexity index is 447. The van der Waals surface area contributed by atoms with E-state index in [1.165, 1.54) is 19.1 Å². The molecule has 2 unspecified atom stereocenters. The first-order valence-corrected chi connectivity index (χ1v) is 6.84. The molecule has 0 fully saturated rings. The summed E-state index contributed by atoms with van der Waals surface area (Å²) in [6.07, 6.45) is -4.56. The molecule has 0 aliphatic carbocycles. The molecule has 7 heteroatoms. The average Bonchev–Trinajstić information content (AvgIpc) is 2.27. The van der Waals surface area contributed by atoms with Crippen molar-refractivity contribution < 1.29 is 22.6 Å². The highest BCUT2D eigenvalue weighted by Crippen LogP contribution is 2.52. The summed E-state index contributed by atoms with van der Waals surface area (Å²) in [6.45, 7) is 1.47. The van der Waals surface area contributed by atoms with E-state index < -0.39 is 24.9 Å². The van der Waals surface area contributed by atoms with E-state index in [0.29, 0.717) is 0 Å². The van der Waals surface area contributed by atoms with Crippen LogP contribution in [0, 0.1) is 0 Å². The minimum absolute atomic E-state index is 0.0208. The van der Waals surface area contributed by atoms with Gasteiger partial charge in [0.15, 0.2) is 0 Å². The Hall–Kier alpha value is -0.840. The summed E-state index contributed by atoms with van der Waals surface area (Å²) in [5.74, 6) is -1.28. The normalized spacial score (nSPS) is 17.5. The first-order chi connectivity index (χ1) is 7.68. The lowest BCUT2D eigenvalue weighted by atomic mass is 10.1. The monoisotopic (exact) mass is 267 g/mol. The largest absolute Gasteiger partial charge is 0.416 e. The van der Waals surface area contributed by atoms with Crippen LogP contribution in [0.5, 0.6) is 0 Å². The van der Waals surface area contributed by atoms with Gasteiger partial charge in [0.2, 0.25) is 7.37 Å². The van der Waals surface area contributed by atoms with Crippen molar-refractivity contribution in [1.82, 2.24) is 0 Å². The van der Waals surface area contributed by atoms with Gasteiger partial charge in [-0.25, -0.2) is 0 Å². The minimum Gasteiger partial charge on any atom is -0.343 e. The van der Waals surface area contributed by atoms with E-state index in [0.717, 1.165) is 12.1 Å². The van der Waals surface area contributed by atoms with Crippen LogP contribution in [0.1, 0.15) is 23.8 Å². The van der Waals surface area contributed by atoms with Gasteiger partial charge in [-0.2, -0.15) is 13.2 Å². The number of rotatable bonds is 3. The summed E-state index contributed by atoms with van der Waals surface area (Å²) in [4.78, 5) is 9.49. The van der Waals surface area contributed by atoms with Crippen LogP contribution in [0.15, 0.2) is 24.3 Å². The van der Waals surface area contributed by atoms with Gasteiger partial charge in [0, 0.05) is 6.16 Å². The second kappa shape index (κ2) is 4.80. The molecular weight excluding hydrogens is 254 g/mol. The molecule has 0 amide bonds. The summed E-state index contributed by atoms with van der Waals surface area (Å²) < 4.78 is 48.9. The van der Waals surface area contributed by atoms with E-state index in [-0.39, 0.29) is 11.7 Å². The fraction of sp³-hybridized carbons (Fsp3) is 0.400. The predicted molar refractivity (Wildman–Crippen MR) is 58.7 cm³/mol. The Balaban J connectivity index is 3.13. The number of hydrogen-bond donors (Lipinski definition) is 2. The highest BCUT2D eigenvalue weighted by molar-refractivity contribution is 7.58. The Morgan fingerprint density at radius 2 is 2.06 bits per heavy atom. The molecule has 1 rings (SSSR count). The van der Waals surface area contributed by atoms with Gasteiger partial charge in [0.1, 0.15) is 5.78 Å². The Morgan fingerprint density at radius 1 is 1.47 bits per heavy atom. The Kier molecular flexibility index (Phi) is 4.02. The van der Waals surface area contributed by atoms with Crippen LogP contribution in [0.4, 0.5) is 13.2 Å². The van der Waals surface area contributed by atoms with E-state index >= 15 is 0 Å². The molecule has 0 aliphatic heterocycles. The maximum Gasteiger partial charge on any atom is 0.416 e. The number of halogens is 3. The molecule has 0 spiro atoms. The molecule has 3 nitrogen and oxygen atoms in total. The van der Waals surface area contributed by atoms with Crippen molar-refractivity contribution >= 4 is 7.37 Å². The van der Waals surface area contributed by atoms with Crippen LogP contribution >= 0.6 is 7.37 Å². The third kappa shape index (κ3) is 3.31. The number of benzene rings is 1. The molecule has 2 atom stereocenters. The summed E-state index contributed by atoms with van der Waals surface area (Å²) in [7, 11) is -3.65. The van der Waals surface area contributed by atoms with Gasteiger partial charge in [0.05, 0.1) is 5.56 Å². The van der Waals surface area contributed by atoms with Crippen LogP contribution in [0.25, 0.3) is 0 Å². The van der Waals surface area contributed by atoms with E-state index in [1.54, 1.807) is 0 Å². The molecule has 0 saturated carbocycles. The third-order valence-corrected chi connectivity index (χ3v) is 4.52. The zero-order valence-electron chi connectivity index (χ0n) is 9.11. The van der Waals surface area contributed by atoms with Crippen LogP contribution in [0.2, 0.25) is 0 Å². The highest BCUT2D eigenvalue weighted by Gasteiger charge is 2.33. The smallest absolute Gasteiger partial charge is 0.343 e. The van der Waals surface area contributed by atoms with Gasteiger partial charge in [0.25, 0.3) is 0 Å². The molecule has 0 saturated heterocycles. The first-order valence-electron chi connectivity index (χ1n) is 4.92. The van der Waals surface area contributed by atoms with Gasteiger partial charge in [-0.05, 0) is 17.7 Å². The highest BCUT2D eigenvalue weighted by atomic mass is 31.2. The maximum atomic E-state index is 12.4. The van der Waals surface area contributed by atoms with Gasteiger partial charge >= 0.3 is 6.18 Å². The summed E-state index contributed by atoms with van der Waals surface area (Å²) in [5.41, 5.74) is 4.66. The van der Waals surface area contributed by atoms with Crippen LogP contribution in [-0.2, 0) is 10.7 Å². The topological polar surface area (TPSA) is 63.3 Å². The molecule has 0 aliphatic rings. The van der Waals surface area contributed by atoms with Crippen molar-refractivity contribution in [3.05, 3.63) is 35.4 Å².